The first-order valence-electron chi connectivity index (χ1n) is 8.57. The van der Waals surface area contributed by atoms with Gasteiger partial charge in [0.05, 0.1) is 18.7 Å². The van der Waals surface area contributed by atoms with Gasteiger partial charge in [-0.15, -0.1) is 0 Å². The van der Waals surface area contributed by atoms with Crippen LogP contribution in [0.1, 0.15) is 41.3 Å². The molecular weight excluding hydrogens is 355 g/mol. The van der Waals surface area contributed by atoms with Crippen LogP contribution in [0.2, 0.25) is 0 Å². The molecule has 142 valence electrons. The van der Waals surface area contributed by atoms with Gasteiger partial charge in [0.2, 0.25) is 0 Å². The predicted molar refractivity (Wildman–Crippen MR) is 97.5 cm³/mol. The van der Waals surface area contributed by atoms with E-state index in [-0.39, 0.29) is 18.0 Å². The Morgan fingerprint density at radius 3 is 2.56 bits per heavy atom. The third-order valence-electron chi connectivity index (χ3n) is 3.64. The number of halogens is 3. The van der Waals surface area contributed by atoms with E-state index < -0.39 is 11.7 Å². The summed E-state index contributed by atoms with van der Waals surface area (Å²) in [5, 5.41) is 2.61. The molecule has 0 aliphatic carbocycles. The number of carbonyl (C=O) groups excluding carboxylic acids is 1. The molecule has 6 heteroatoms. The molecule has 0 saturated heterocycles. The first-order chi connectivity index (χ1) is 12.9. The van der Waals surface area contributed by atoms with Gasteiger partial charge >= 0.3 is 6.18 Å². The summed E-state index contributed by atoms with van der Waals surface area (Å²) in [5.74, 6) is 5.66. The number of alkyl halides is 3. The van der Waals surface area contributed by atoms with Gasteiger partial charge in [-0.2, -0.15) is 13.2 Å². The zero-order valence-corrected chi connectivity index (χ0v) is 14.9. The van der Waals surface area contributed by atoms with Crippen molar-refractivity contribution < 1.29 is 22.7 Å². The molecule has 0 bridgehead atoms. The van der Waals surface area contributed by atoms with Crippen molar-refractivity contribution in [3.05, 3.63) is 65.2 Å². The molecule has 3 nitrogen and oxygen atoms in total. The molecule has 0 saturated carbocycles. The van der Waals surface area contributed by atoms with Crippen molar-refractivity contribution in [3.8, 4) is 17.6 Å². The third kappa shape index (κ3) is 6.70. The van der Waals surface area contributed by atoms with Crippen LogP contribution in [-0.4, -0.2) is 19.1 Å². The highest BCUT2D eigenvalue weighted by Gasteiger charge is 2.30. The Labute approximate surface area is 156 Å². The molecule has 0 aliphatic rings. The topological polar surface area (TPSA) is 38.3 Å². The maximum atomic E-state index is 12.7. The molecule has 0 unspecified atom stereocenters. The van der Waals surface area contributed by atoms with Crippen LogP contribution in [0, 0.1) is 11.8 Å². The van der Waals surface area contributed by atoms with Crippen molar-refractivity contribution in [2.75, 3.05) is 13.2 Å². The molecule has 0 spiro atoms. The van der Waals surface area contributed by atoms with Gasteiger partial charge in [0.15, 0.2) is 0 Å². The lowest BCUT2D eigenvalue weighted by Gasteiger charge is -2.06. The summed E-state index contributed by atoms with van der Waals surface area (Å²) in [6.45, 7) is 2.74. The molecule has 1 amide bonds. The van der Waals surface area contributed by atoms with E-state index in [4.69, 9.17) is 4.74 Å². The van der Waals surface area contributed by atoms with Crippen LogP contribution in [-0.2, 0) is 6.18 Å². The molecule has 2 aromatic carbocycles. The number of hydrogen-bond acceptors (Lipinski definition) is 2. The van der Waals surface area contributed by atoms with Crippen molar-refractivity contribution in [2.45, 2.75) is 25.9 Å². The van der Waals surface area contributed by atoms with Crippen LogP contribution in [0.25, 0.3) is 0 Å². The van der Waals surface area contributed by atoms with Gasteiger partial charge in [0, 0.05) is 11.1 Å². The van der Waals surface area contributed by atoms with Crippen molar-refractivity contribution in [2.24, 2.45) is 0 Å². The number of carbonyl (C=O) groups is 1. The first kappa shape index (κ1) is 20.4. The van der Waals surface area contributed by atoms with E-state index in [0.29, 0.717) is 17.9 Å². The number of hydrogen-bond donors (Lipinski definition) is 1. The molecule has 0 radical (unpaired) electrons. The van der Waals surface area contributed by atoms with Gasteiger partial charge in [-0.05, 0) is 48.9 Å². The maximum Gasteiger partial charge on any atom is 0.416 e. The molecule has 0 atom stereocenters. The number of unbranched alkanes of at least 4 members (excludes halogenated alkanes) is 1. The van der Waals surface area contributed by atoms with Crippen molar-refractivity contribution in [3.63, 3.8) is 0 Å². The Morgan fingerprint density at radius 1 is 1.15 bits per heavy atom. The van der Waals surface area contributed by atoms with Crippen molar-refractivity contribution >= 4 is 5.91 Å². The molecule has 0 fully saturated rings. The van der Waals surface area contributed by atoms with Crippen molar-refractivity contribution in [1.82, 2.24) is 5.32 Å². The minimum absolute atomic E-state index is 0.0316. The summed E-state index contributed by atoms with van der Waals surface area (Å²) in [6, 6.07) is 11.5. The Morgan fingerprint density at radius 2 is 1.89 bits per heavy atom. The van der Waals surface area contributed by atoms with Gasteiger partial charge in [-0.25, -0.2) is 0 Å². The minimum Gasteiger partial charge on any atom is -0.494 e. The highest BCUT2D eigenvalue weighted by atomic mass is 19.4. The molecular formula is C21H20F3NO2. The number of rotatable bonds is 6. The summed E-state index contributed by atoms with van der Waals surface area (Å²) in [5.41, 5.74) is -0.0500. The summed E-state index contributed by atoms with van der Waals surface area (Å²) >= 11 is 0. The Kier molecular flexibility index (Phi) is 7.30. The molecule has 0 heterocycles. The zero-order valence-electron chi connectivity index (χ0n) is 14.9. The number of amides is 1. The Bertz CT molecular complexity index is 818. The quantitative estimate of drug-likeness (QED) is 0.589. The second kappa shape index (κ2) is 9.67. The molecule has 2 aromatic rings. The molecule has 0 aliphatic heterocycles. The van der Waals surface area contributed by atoms with Crippen LogP contribution in [0.15, 0.2) is 48.5 Å². The standard InChI is InChI=1S/C21H20F3NO2/c1-2-3-14-27-19-11-9-17(10-12-19)20(26)25-13-5-7-16-6-4-8-18(15-16)21(22,23)24/h4,6,8-12,15H,2-3,13-14H2,1H3,(H,25,26). The van der Waals surface area contributed by atoms with E-state index in [1.807, 2.05) is 0 Å². The second-order valence-electron chi connectivity index (χ2n) is 5.79. The first-order valence-corrected chi connectivity index (χ1v) is 8.57. The summed E-state index contributed by atoms with van der Waals surface area (Å²) in [6.07, 6.45) is -2.40. The van der Waals surface area contributed by atoms with E-state index in [1.54, 1.807) is 24.3 Å². The summed E-state index contributed by atoms with van der Waals surface area (Å²) in [4.78, 5) is 12.0. The Balaban J connectivity index is 1.87. The largest absolute Gasteiger partial charge is 0.494 e. The molecule has 0 aromatic heterocycles. The molecule has 27 heavy (non-hydrogen) atoms. The third-order valence-corrected chi connectivity index (χ3v) is 3.64. The van der Waals surface area contributed by atoms with Crippen LogP contribution in [0.4, 0.5) is 13.2 Å². The normalized spacial score (nSPS) is 10.7. The number of benzene rings is 2. The van der Waals surface area contributed by atoms with Crippen LogP contribution < -0.4 is 10.1 Å². The summed E-state index contributed by atoms with van der Waals surface area (Å²) in [7, 11) is 0. The molecule has 1 N–H and O–H groups in total. The lowest BCUT2D eigenvalue weighted by atomic mass is 10.1. The van der Waals surface area contributed by atoms with E-state index in [0.717, 1.165) is 25.0 Å². The number of ether oxygens (including phenoxy) is 1. The van der Waals surface area contributed by atoms with Crippen LogP contribution in [0.3, 0.4) is 0 Å². The predicted octanol–water partition coefficient (Wildman–Crippen LogP) is 4.67. The Hall–Kier alpha value is -2.94. The maximum absolute atomic E-state index is 12.7. The summed E-state index contributed by atoms with van der Waals surface area (Å²) < 4.78 is 43.5. The zero-order chi connectivity index (χ0) is 19.7. The highest BCUT2D eigenvalue weighted by molar-refractivity contribution is 5.94. The van der Waals surface area contributed by atoms with Gasteiger partial charge < -0.3 is 10.1 Å². The van der Waals surface area contributed by atoms with Gasteiger partial charge in [-0.1, -0.05) is 31.3 Å². The molecule has 2 rings (SSSR count). The fraction of sp³-hybridized carbons (Fsp3) is 0.286. The average Bonchev–Trinajstić information content (AvgIpc) is 2.65. The second-order valence-corrected chi connectivity index (χ2v) is 5.79. The van der Waals surface area contributed by atoms with E-state index in [2.05, 4.69) is 24.1 Å². The van der Waals surface area contributed by atoms with Crippen molar-refractivity contribution in [1.29, 1.82) is 0 Å². The fourth-order valence-corrected chi connectivity index (χ4v) is 2.18. The smallest absolute Gasteiger partial charge is 0.416 e. The number of nitrogens with one attached hydrogen (secondary N) is 1. The lowest BCUT2D eigenvalue weighted by molar-refractivity contribution is -0.137. The van der Waals surface area contributed by atoms with Crippen LogP contribution in [0.5, 0.6) is 5.75 Å². The van der Waals surface area contributed by atoms with E-state index in [1.165, 1.54) is 12.1 Å². The van der Waals surface area contributed by atoms with Crippen LogP contribution >= 0.6 is 0 Å². The highest BCUT2D eigenvalue weighted by Crippen LogP contribution is 2.29. The van der Waals surface area contributed by atoms with E-state index in [9.17, 15) is 18.0 Å². The fourth-order valence-electron chi connectivity index (χ4n) is 2.18. The van der Waals surface area contributed by atoms with Gasteiger partial charge in [0.1, 0.15) is 5.75 Å². The van der Waals surface area contributed by atoms with Gasteiger partial charge in [-0.3, -0.25) is 4.79 Å². The SMILES string of the molecule is CCCCOc1ccc(C(=O)NCC#Cc2cccc(C(F)(F)F)c2)cc1. The monoisotopic (exact) mass is 375 g/mol. The minimum atomic E-state index is -4.40. The van der Waals surface area contributed by atoms with Gasteiger partial charge in [0.25, 0.3) is 5.91 Å². The average molecular weight is 375 g/mol. The van der Waals surface area contributed by atoms with E-state index >= 15 is 0 Å². The lowest BCUT2D eigenvalue weighted by Crippen LogP contribution is -2.23.